The summed E-state index contributed by atoms with van der Waals surface area (Å²) in [5, 5.41) is 10.7. The van der Waals surface area contributed by atoms with Gasteiger partial charge in [0, 0.05) is 25.6 Å². The zero-order valence-corrected chi connectivity index (χ0v) is 13.2. The number of pyridine rings is 1. The van der Waals surface area contributed by atoms with Gasteiger partial charge in [-0.2, -0.15) is 0 Å². The van der Waals surface area contributed by atoms with E-state index in [4.69, 9.17) is 0 Å². The fourth-order valence-electron chi connectivity index (χ4n) is 2.63. The molecule has 5 heteroatoms. The lowest BCUT2D eigenvalue weighted by molar-refractivity contribution is -0.143. The number of benzene rings is 1. The van der Waals surface area contributed by atoms with Gasteiger partial charge in [0.25, 0.3) is 5.91 Å². The molecular formula is C16H15BrN2O2. The third kappa shape index (κ3) is 2.47. The number of carbonyl (C=O) groups is 1. The minimum absolute atomic E-state index is 0.248. The highest BCUT2D eigenvalue weighted by Crippen LogP contribution is 2.34. The number of aromatic nitrogens is 1. The molecule has 1 amide bonds. The van der Waals surface area contributed by atoms with Crippen molar-refractivity contribution in [3.8, 4) is 11.3 Å². The average Bonchev–Trinajstić information content (AvgIpc) is 2.76. The normalized spacial score (nSPS) is 21.9. The molecule has 0 unspecified atom stereocenters. The number of amides is 1. The summed E-state index contributed by atoms with van der Waals surface area (Å²) in [6.45, 7) is 0.564. The Morgan fingerprint density at radius 2 is 2.05 bits per heavy atom. The Morgan fingerprint density at radius 3 is 2.71 bits per heavy atom. The SMILES string of the molecule is CN1CC[C@@](O)(c2cccc(-c3cccc(Br)n3)c2)C1=O. The number of halogens is 1. The van der Waals surface area contributed by atoms with E-state index in [9.17, 15) is 9.90 Å². The maximum atomic E-state index is 12.2. The van der Waals surface area contributed by atoms with Crippen LogP contribution in [0.4, 0.5) is 0 Å². The molecule has 0 bridgehead atoms. The summed E-state index contributed by atoms with van der Waals surface area (Å²) in [7, 11) is 1.71. The maximum absolute atomic E-state index is 12.2. The molecule has 108 valence electrons. The number of aliphatic hydroxyl groups is 1. The molecule has 1 fully saturated rings. The lowest BCUT2D eigenvalue weighted by Gasteiger charge is -2.21. The Morgan fingerprint density at radius 1 is 1.29 bits per heavy atom. The van der Waals surface area contributed by atoms with E-state index in [1.807, 2.05) is 36.4 Å². The highest BCUT2D eigenvalue weighted by atomic mass is 79.9. The molecular weight excluding hydrogens is 332 g/mol. The zero-order chi connectivity index (χ0) is 15.0. The number of hydrogen-bond donors (Lipinski definition) is 1. The summed E-state index contributed by atoms with van der Waals surface area (Å²) in [5.74, 6) is -0.248. The van der Waals surface area contributed by atoms with Gasteiger partial charge in [-0.05, 0) is 39.7 Å². The Balaban J connectivity index is 2.03. The van der Waals surface area contributed by atoms with E-state index in [0.717, 1.165) is 15.9 Å². The van der Waals surface area contributed by atoms with Gasteiger partial charge in [-0.3, -0.25) is 4.79 Å². The number of likely N-dealkylation sites (tertiary alicyclic amines) is 1. The van der Waals surface area contributed by atoms with Crippen LogP contribution < -0.4 is 0 Å². The van der Waals surface area contributed by atoms with Crippen molar-refractivity contribution in [2.75, 3.05) is 13.6 Å². The standard InChI is InChI=1S/C16H15BrN2O2/c1-19-9-8-16(21,15(19)20)12-5-2-4-11(10-12)13-6-3-7-14(17)18-13/h2-7,10,21H,8-9H2,1H3/t16-/m1/s1. The van der Waals surface area contributed by atoms with Gasteiger partial charge in [0.1, 0.15) is 4.60 Å². The summed E-state index contributed by atoms with van der Waals surface area (Å²) in [5.41, 5.74) is 0.880. The van der Waals surface area contributed by atoms with Gasteiger partial charge in [-0.25, -0.2) is 4.98 Å². The largest absolute Gasteiger partial charge is 0.375 e. The number of hydrogen-bond acceptors (Lipinski definition) is 3. The van der Waals surface area contributed by atoms with Crippen molar-refractivity contribution in [3.63, 3.8) is 0 Å². The topological polar surface area (TPSA) is 53.4 Å². The Bertz CT molecular complexity index is 704. The van der Waals surface area contributed by atoms with Crippen molar-refractivity contribution in [1.82, 2.24) is 9.88 Å². The molecule has 2 aromatic rings. The van der Waals surface area contributed by atoms with E-state index in [-0.39, 0.29) is 5.91 Å². The second-order valence-electron chi connectivity index (χ2n) is 5.26. The molecule has 1 saturated heterocycles. The Kier molecular flexibility index (Phi) is 3.55. The van der Waals surface area contributed by atoms with Crippen LogP contribution in [0.3, 0.4) is 0 Å². The third-order valence-corrected chi connectivity index (χ3v) is 4.30. The molecule has 4 nitrogen and oxygen atoms in total. The van der Waals surface area contributed by atoms with E-state index < -0.39 is 5.60 Å². The summed E-state index contributed by atoms with van der Waals surface area (Å²) >= 11 is 3.35. The van der Waals surface area contributed by atoms with Crippen LogP contribution in [0.1, 0.15) is 12.0 Å². The molecule has 1 aromatic carbocycles. The van der Waals surface area contributed by atoms with Crippen molar-refractivity contribution < 1.29 is 9.90 Å². The molecule has 0 aliphatic carbocycles. The molecule has 1 aliphatic heterocycles. The van der Waals surface area contributed by atoms with Gasteiger partial charge in [0.2, 0.25) is 0 Å². The Labute approximate surface area is 131 Å². The van der Waals surface area contributed by atoms with Gasteiger partial charge in [-0.1, -0.05) is 24.3 Å². The molecule has 3 rings (SSSR count). The molecule has 1 N–H and O–H groups in total. The smallest absolute Gasteiger partial charge is 0.258 e. The van der Waals surface area contributed by atoms with Gasteiger partial charge >= 0.3 is 0 Å². The van der Waals surface area contributed by atoms with Crippen LogP contribution in [0, 0.1) is 0 Å². The first kappa shape index (κ1) is 14.2. The van der Waals surface area contributed by atoms with Crippen LogP contribution in [0.15, 0.2) is 47.1 Å². The second-order valence-corrected chi connectivity index (χ2v) is 6.08. The van der Waals surface area contributed by atoms with Crippen molar-refractivity contribution in [1.29, 1.82) is 0 Å². The van der Waals surface area contributed by atoms with Crippen molar-refractivity contribution >= 4 is 21.8 Å². The maximum Gasteiger partial charge on any atom is 0.258 e. The van der Waals surface area contributed by atoms with Crippen LogP contribution in [-0.4, -0.2) is 34.5 Å². The quantitative estimate of drug-likeness (QED) is 0.850. The van der Waals surface area contributed by atoms with Gasteiger partial charge in [-0.15, -0.1) is 0 Å². The minimum Gasteiger partial charge on any atom is -0.375 e. The van der Waals surface area contributed by atoms with Crippen LogP contribution in [0.2, 0.25) is 0 Å². The number of carbonyl (C=O) groups excluding carboxylic acids is 1. The first-order valence-corrected chi connectivity index (χ1v) is 7.51. The molecule has 1 atom stereocenters. The lowest BCUT2D eigenvalue weighted by Crippen LogP contribution is -2.36. The van der Waals surface area contributed by atoms with Crippen LogP contribution in [-0.2, 0) is 10.4 Å². The summed E-state index contributed by atoms with van der Waals surface area (Å²) < 4.78 is 0.751. The van der Waals surface area contributed by atoms with Crippen molar-refractivity contribution in [3.05, 3.63) is 52.6 Å². The van der Waals surface area contributed by atoms with Crippen LogP contribution in [0.25, 0.3) is 11.3 Å². The van der Waals surface area contributed by atoms with Gasteiger partial charge in [0.05, 0.1) is 5.69 Å². The van der Waals surface area contributed by atoms with E-state index >= 15 is 0 Å². The van der Waals surface area contributed by atoms with E-state index in [0.29, 0.717) is 18.5 Å². The van der Waals surface area contributed by atoms with E-state index in [1.54, 1.807) is 18.0 Å². The van der Waals surface area contributed by atoms with Crippen LogP contribution in [0.5, 0.6) is 0 Å². The van der Waals surface area contributed by atoms with Crippen LogP contribution >= 0.6 is 15.9 Å². The molecule has 1 aliphatic rings. The van der Waals surface area contributed by atoms with E-state index in [1.165, 1.54) is 0 Å². The van der Waals surface area contributed by atoms with Crippen molar-refractivity contribution in [2.45, 2.75) is 12.0 Å². The highest BCUT2D eigenvalue weighted by molar-refractivity contribution is 9.10. The molecule has 1 aromatic heterocycles. The molecule has 0 spiro atoms. The summed E-state index contributed by atoms with van der Waals surface area (Å²) in [6, 6.07) is 13.1. The Hall–Kier alpha value is -1.72. The first-order chi connectivity index (χ1) is 10.0. The molecule has 21 heavy (non-hydrogen) atoms. The summed E-state index contributed by atoms with van der Waals surface area (Å²) in [6.07, 6.45) is 0.414. The lowest BCUT2D eigenvalue weighted by atomic mass is 9.90. The highest BCUT2D eigenvalue weighted by Gasteiger charge is 2.45. The number of likely N-dealkylation sites (N-methyl/N-ethyl adjacent to an activating group) is 1. The second kappa shape index (κ2) is 5.24. The zero-order valence-electron chi connectivity index (χ0n) is 11.6. The minimum atomic E-state index is -1.42. The fourth-order valence-corrected chi connectivity index (χ4v) is 2.97. The molecule has 2 heterocycles. The predicted octanol–water partition coefficient (Wildman–Crippen LogP) is 2.56. The van der Waals surface area contributed by atoms with Crippen molar-refractivity contribution in [2.24, 2.45) is 0 Å². The number of nitrogens with zero attached hydrogens (tertiary/aromatic N) is 2. The first-order valence-electron chi connectivity index (χ1n) is 6.72. The average molecular weight is 347 g/mol. The summed E-state index contributed by atoms with van der Waals surface area (Å²) in [4.78, 5) is 18.1. The fraction of sp³-hybridized carbons (Fsp3) is 0.250. The van der Waals surface area contributed by atoms with Gasteiger partial charge in [0.15, 0.2) is 5.60 Å². The monoisotopic (exact) mass is 346 g/mol. The predicted molar refractivity (Wildman–Crippen MR) is 83.5 cm³/mol. The molecule has 0 saturated carbocycles. The third-order valence-electron chi connectivity index (χ3n) is 3.86. The van der Waals surface area contributed by atoms with E-state index in [2.05, 4.69) is 20.9 Å². The van der Waals surface area contributed by atoms with Gasteiger partial charge < -0.3 is 10.0 Å². The molecule has 0 radical (unpaired) electrons. The number of rotatable bonds is 2.